The van der Waals surface area contributed by atoms with Crippen molar-refractivity contribution in [1.29, 1.82) is 0 Å². The molecule has 1 aliphatic rings. The van der Waals surface area contributed by atoms with Gasteiger partial charge < -0.3 is 19.5 Å². The van der Waals surface area contributed by atoms with Crippen LogP contribution in [0.15, 0.2) is 91.0 Å². The summed E-state index contributed by atoms with van der Waals surface area (Å²) in [7, 11) is 2.54. The highest BCUT2D eigenvalue weighted by Crippen LogP contribution is 2.57. The van der Waals surface area contributed by atoms with Crippen molar-refractivity contribution in [3.05, 3.63) is 102 Å². The van der Waals surface area contributed by atoms with Crippen molar-refractivity contribution in [2.45, 2.75) is 23.6 Å². The molecule has 3 aromatic rings. The largest absolute Gasteiger partial charge is 0.467 e. The maximum atomic E-state index is 13.8. The fourth-order valence-electron chi connectivity index (χ4n) is 4.88. The number of para-hydroxylation sites is 1. The summed E-state index contributed by atoms with van der Waals surface area (Å²) in [6.45, 7) is 0. The molecule has 0 radical (unpaired) electrons. The van der Waals surface area contributed by atoms with E-state index in [2.05, 4.69) is 0 Å². The van der Waals surface area contributed by atoms with E-state index < -0.39 is 29.1 Å². The number of rotatable bonds is 5. The average Bonchev–Trinajstić information content (AvgIpc) is 3.15. The van der Waals surface area contributed by atoms with E-state index in [9.17, 15) is 14.7 Å². The molecule has 0 aromatic heterocycles. The van der Waals surface area contributed by atoms with E-state index in [0.29, 0.717) is 11.3 Å². The van der Waals surface area contributed by atoms with Gasteiger partial charge in [0.2, 0.25) is 5.72 Å². The van der Waals surface area contributed by atoms with Crippen LogP contribution in [0, 0.1) is 0 Å². The predicted molar refractivity (Wildman–Crippen MR) is 120 cm³/mol. The number of hydrogen-bond acceptors (Lipinski definition) is 6. The lowest BCUT2D eigenvalue weighted by atomic mass is 9.74. The lowest BCUT2D eigenvalue weighted by Gasteiger charge is -2.44. The van der Waals surface area contributed by atoms with Crippen LogP contribution >= 0.6 is 0 Å². The molecule has 3 atom stereocenters. The molecule has 1 fully saturated rings. The van der Waals surface area contributed by atoms with E-state index in [0.717, 1.165) is 5.56 Å². The Kier molecular flexibility index (Phi) is 5.72. The minimum Gasteiger partial charge on any atom is -0.467 e. The molecule has 1 saturated heterocycles. The number of carbonyl (C=O) groups excluding carboxylic acids is 2. The van der Waals surface area contributed by atoms with Crippen LogP contribution in [0.2, 0.25) is 0 Å². The Bertz CT molecular complexity index is 1090. The van der Waals surface area contributed by atoms with Crippen molar-refractivity contribution in [1.82, 2.24) is 0 Å². The molecule has 4 rings (SSSR count). The molecule has 164 valence electrons. The molecule has 3 aromatic carbocycles. The van der Waals surface area contributed by atoms with E-state index in [1.807, 2.05) is 66.7 Å². The summed E-state index contributed by atoms with van der Waals surface area (Å²) in [6, 6.07) is 27.4. The highest BCUT2D eigenvalue weighted by Gasteiger charge is 2.69. The van der Waals surface area contributed by atoms with E-state index >= 15 is 0 Å². The maximum Gasteiger partial charge on any atom is 0.359 e. The molecule has 32 heavy (non-hydrogen) atoms. The van der Waals surface area contributed by atoms with Crippen LogP contribution in [0.1, 0.15) is 23.5 Å². The first-order chi connectivity index (χ1) is 15.5. The van der Waals surface area contributed by atoms with Gasteiger partial charge in [-0.1, -0.05) is 78.9 Å². The van der Waals surface area contributed by atoms with Gasteiger partial charge in [0.05, 0.1) is 14.2 Å². The standard InChI is InChI=1S/C26H25NO5/c1-31-23(28)25(30)18-22(19-12-6-3-7-13-19)26(24(29)32-2,20-14-8-4-9-15-20)27(25)21-16-10-5-11-17-21/h3-17,22,30H,18H2,1-2H3/t22-,25+,26+/m1/s1. The highest BCUT2D eigenvalue weighted by molar-refractivity contribution is 5.95. The molecule has 6 heteroatoms. The summed E-state index contributed by atoms with van der Waals surface area (Å²) in [5.41, 5.74) is -1.75. The first kappa shape index (κ1) is 21.6. The third-order valence-electron chi connectivity index (χ3n) is 6.15. The third-order valence-corrected chi connectivity index (χ3v) is 6.15. The Morgan fingerprint density at radius 3 is 1.84 bits per heavy atom. The van der Waals surface area contributed by atoms with Crippen LogP contribution in [0.5, 0.6) is 0 Å². The molecular formula is C26H25NO5. The molecule has 0 bridgehead atoms. The van der Waals surface area contributed by atoms with Crippen molar-refractivity contribution in [2.24, 2.45) is 0 Å². The lowest BCUT2D eigenvalue weighted by molar-refractivity contribution is -0.162. The molecule has 1 heterocycles. The monoisotopic (exact) mass is 431 g/mol. The van der Waals surface area contributed by atoms with Crippen LogP contribution in [-0.2, 0) is 24.6 Å². The van der Waals surface area contributed by atoms with Gasteiger partial charge in [0.1, 0.15) is 0 Å². The number of hydrogen-bond donors (Lipinski definition) is 1. The minimum absolute atomic E-state index is 0.0669. The fraction of sp³-hybridized carbons (Fsp3) is 0.231. The zero-order valence-corrected chi connectivity index (χ0v) is 18.0. The van der Waals surface area contributed by atoms with Gasteiger partial charge in [0, 0.05) is 18.0 Å². The van der Waals surface area contributed by atoms with Gasteiger partial charge in [-0.15, -0.1) is 0 Å². The lowest BCUT2D eigenvalue weighted by Crippen LogP contribution is -2.61. The average molecular weight is 431 g/mol. The zero-order chi connectivity index (χ0) is 22.8. The number of esters is 2. The summed E-state index contributed by atoms with van der Waals surface area (Å²) >= 11 is 0. The summed E-state index contributed by atoms with van der Waals surface area (Å²) in [6.07, 6.45) is -0.0669. The SMILES string of the molecule is COC(=O)[C@]1(c2ccccc2)[C@@H](c2ccccc2)C[C@](O)(C(=O)OC)N1c1ccccc1. The number of benzene rings is 3. The van der Waals surface area contributed by atoms with Crippen LogP contribution < -0.4 is 4.90 Å². The number of nitrogens with zero attached hydrogens (tertiary/aromatic N) is 1. The number of ether oxygens (including phenoxy) is 2. The second kappa shape index (κ2) is 8.48. The quantitative estimate of drug-likeness (QED) is 0.622. The van der Waals surface area contributed by atoms with Crippen molar-refractivity contribution < 1.29 is 24.2 Å². The molecule has 0 unspecified atom stereocenters. The van der Waals surface area contributed by atoms with Gasteiger partial charge in [0.25, 0.3) is 0 Å². The Hall–Kier alpha value is -3.64. The van der Waals surface area contributed by atoms with Gasteiger partial charge in [-0.05, 0) is 23.3 Å². The van der Waals surface area contributed by atoms with Crippen molar-refractivity contribution >= 4 is 17.6 Å². The Morgan fingerprint density at radius 1 is 0.812 bits per heavy atom. The van der Waals surface area contributed by atoms with Gasteiger partial charge in [-0.3, -0.25) is 0 Å². The highest BCUT2D eigenvalue weighted by atomic mass is 16.5. The fourth-order valence-corrected chi connectivity index (χ4v) is 4.88. The van der Waals surface area contributed by atoms with Crippen molar-refractivity contribution in [3.8, 4) is 0 Å². The Morgan fingerprint density at radius 2 is 1.31 bits per heavy atom. The summed E-state index contributed by atoms with van der Waals surface area (Å²) < 4.78 is 10.4. The molecule has 1 aliphatic heterocycles. The molecule has 0 spiro atoms. The minimum atomic E-state index is -2.11. The second-order valence-corrected chi connectivity index (χ2v) is 7.77. The molecule has 0 saturated carbocycles. The first-order valence-corrected chi connectivity index (χ1v) is 10.3. The number of methoxy groups -OCH3 is 2. The molecular weight excluding hydrogens is 406 g/mol. The predicted octanol–water partition coefficient (Wildman–Crippen LogP) is 3.61. The van der Waals surface area contributed by atoms with Gasteiger partial charge in [-0.25, -0.2) is 9.59 Å². The van der Waals surface area contributed by atoms with Crippen LogP contribution in [-0.4, -0.2) is 37.0 Å². The van der Waals surface area contributed by atoms with Gasteiger partial charge in [-0.2, -0.15) is 0 Å². The normalized spacial score (nSPS) is 24.7. The van der Waals surface area contributed by atoms with Crippen molar-refractivity contribution in [3.63, 3.8) is 0 Å². The Balaban J connectivity index is 2.12. The summed E-state index contributed by atoms with van der Waals surface area (Å²) in [5, 5.41) is 11.9. The third kappa shape index (κ3) is 3.15. The molecule has 0 amide bonds. The van der Waals surface area contributed by atoms with Gasteiger partial charge >= 0.3 is 11.9 Å². The van der Waals surface area contributed by atoms with E-state index in [4.69, 9.17) is 9.47 Å². The van der Waals surface area contributed by atoms with Crippen LogP contribution in [0.25, 0.3) is 0 Å². The second-order valence-electron chi connectivity index (χ2n) is 7.77. The zero-order valence-electron chi connectivity index (χ0n) is 18.0. The van der Waals surface area contributed by atoms with Crippen LogP contribution in [0.3, 0.4) is 0 Å². The number of anilines is 1. The Labute approximate surface area is 187 Å². The van der Waals surface area contributed by atoms with Gasteiger partial charge in [0.15, 0.2) is 5.54 Å². The number of carbonyl (C=O) groups is 2. The maximum absolute atomic E-state index is 13.8. The van der Waals surface area contributed by atoms with Crippen LogP contribution in [0.4, 0.5) is 5.69 Å². The first-order valence-electron chi connectivity index (χ1n) is 10.3. The smallest absolute Gasteiger partial charge is 0.359 e. The van der Waals surface area contributed by atoms with E-state index in [1.54, 1.807) is 24.3 Å². The summed E-state index contributed by atoms with van der Waals surface area (Å²) in [5.74, 6) is -2.03. The molecule has 6 nitrogen and oxygen atoms in total. The van der Waals surface area contributed by atoms with Crippen molar-refractivity contribution in [2.75, 3.05) is 19.1 Å². The number of aliphatic hydroxyl groups is 1. The summed E-state index contributed by atoms with van der Waals surface area (Å²) in [4.78, 5) is 28.3. The molecule has 0 aliphatic carbocycles. The van der Waals surface area contributed by atoms with E-state index in [1.165, 1.54) is 19.1 Å². The topological polar surface area (TPSA) is 76.1 Å². The van der Waals surface area contributed by atoms with E-state index in [-0.39, 0.29) is 6.42 Å². The molecule has 1 N–H and O–H groups in total.